The van der Waals surface area contributed by atoms with E-state index in [9.17, 15) is 8.78 Å². The first-order valence-electron chi connectivity index (χ1n) is 6.60. The maximum absolute atomic E-state index is 13.9. The van der Waals surface area contributed by atoms with Crippen LogP contribution in [-0.4, -0.2) is 25.7 Å². The zero-order chi connectivity index (χ0) is 14.0. The second-order valence-electron chi connectivity index (χ2n) is 5.38. The number of rotatable bonds is 4. The van der Waals surface area contributed by atoms with Gasteiger partial charge in [0.1, 0.15) is 11.6 Å². The summed E-state index contributed by atoms with van der Waals surface area (Å²) in [5.41, 5.74) is 0.368. The third-order valence-corrected chi connectivity index (χ3v) is 4.04. The Morgan fingerprint density at radius 1 is 1.37 bits per heavy atom. The average Bonchev–Trinajstić information content (AvgIpc) is 2.80. The van der Waals surface area contributed by atoms with Crippen LogP contribution in [0.3, 0.4) is 0 Å². The Morgan fingerprint density at radius 2 is 2.11 bits per heavy atom. The van der Waals surface area contributed by atoms with Crippen molar-refractivity contribution in [2.75, 3.05) is 24.5 Å². The standard InChI is InChI=1S/C14H19BrF2N2/c1-9(2)18-7-10-3-4-19(8-10)14-6-12(16)11(15)5-13(14)17/h5-6,9-10,18H,3-4,7-8H2,1-2H3. The number of nitrogens with one attached hydrogen (secondary N) is 1. The van der Waals surface area contributed by atoms with Gasteiger partial charge in [-0.1, -0.05) is 13.8 Å². The Kier molecular flexibility index (Phi) is 4.79. The van der Waals surface area contributed by atoms with Gasteiger partial charge in [-0.2, -0.15) is 0 Å². The highest BCUT2D eigenvalue weighted by atomic mass is 79.9. The average molecular weight is 333 g/mol. The molecule has 0 spiro atoms. The molecule has 106 valence electrons. The van der Waals surface area contributed by atoms with Gasteiger partial charge in [0, 0.05) is 25.2 Å². The minimum atomic E-state index is -0.417. The lowest BCUT2D eigenvalue weighted by molar-refractivity contribution is 0.479. The van der Waals surface area contributed by atoms with Crippen molar-refractivity contribution in [3.63, 3.8) is 0 Å². The summed E-state index contributed by atoms with van der Waals surface area (Å²) in [5.74, 6) is -0.292. The summed E-state index contributed by atoms with van der Waals surface area (Å²) < 4.78 is 27.6. The van der Waals surface area contributed by atoms with E-state index >= 15 is 0 Å². The molecule has 0 amide bonds. The number of hydrogen-bond acceptors (Lipinski definition) is 2. The van der Waals surface area contributed by atoms with E-state index in [1.165, 1.54) is 12.1 Å². The molecule has 1 aliphatic heterocycles. The summed E-state index contributed by atoms with van der Waals surface area (Å²) in [7, 11) is 0. The first-order valence-corrected chi connectivity index (χ1v) is 7.39. The summed E-state index contributed by atoms with van der Waals surface area (Å²) >= 11 is 3.00. The van der Waals surface area contributed by atoms with Crippen molar-refractivity contribution in [1.82, 2.24) is 5.32 Å². The second-order valence-corrected chi connectivity index (χ2v) is 6.24. The van der Waals surface area contributed by atoms with E-state index in [1.807, 2.05) is 4.90 Å². The van der Waals surface area contributed by atoms with Crippen LogP contribution in [0.1, 0.15) is 20.3 Å². The van der Waals surface area contributed by atoms with Crippen LogP contribution < -0.4 is 10.2 Å². The lowest BCUT2D eigenvalue weighted by atomic mass is 10.1. The van der Waals surface area contributed by atoms with Crippen molar-refractivity contribution >= 4 is 21.6 Å². The molecule has 19 heavy (non-hydrogen) atoms. The lowest BCUT2D eigenvalue weighted by Gasteiger charge is -2.20. The Hall–Kier alpha value is -0.680. The highest BCUT2D eigenvalue weighted by Crippen LogP contribution is 2.30. The van der Waals surface area contributed by atoms with Crippen LogP contribution in [0.25, 0.3) is 0 Å². The topological polar surface area (TPSA) is 15.3 Å². The fourth-order valence-electron chi connectivity index (χ4n) is 2.37. The Balaban J connectivity index is 2.02. The molecular formula is C14H19BrF2N2. The van der Waals surface area contributed by atoms with Crippen molar-refractivity contribution in [3.8, 4) is 0 Å². The fraction of sp³-hybridized carbons (Fsp3) is 0.571. The largest absolute Gasteiger partial charge is 0.369 e. The van der Waals surface area contributed by atoms with E-state index < -0.39 is 5.82 Å². The third-order valence-electron chi connectivity index (χ3n) is 3.43. The van der Waals surface area contributed by atoms with E-state index in [4.69, 9.17) is 0 Å². The van der Waals surface area contributed by atoms with Gasteiger partial charge in [0.25, 0.3) is 0 Å². The molecule has 1 saturated heterocycles. The van der Waals surface area contributed by atoms with Gasteiger partial charge >= 0.3 is 0 Å². The zero-order valence-corrected chi connectivity index (χ0v) is 12.8. The Labute approximate surface area is 121 Å². The van der Waals surface area contributed by atoms with Crippen LogP contribution in [0, 0.1) is 17.6 Å². The molecule has 1 unspecified atom stereocenters. The number of anilines is 1. The maximum Gasteiger partial charge on any atom is 0.147 e. The smallest absolute Gasteiger partial charge is 0.147 e. The molecule has 1 aromatic carbocycles. The second kappa shape index (κ2) is 6.18. The van der Waals surface area contributed by atoms with Gasteiger partial charge in [-0.25, -0.2) is 8.78 Å². The molecule has 1 aromatic rings. The van der Waals surface area contributed by atoms with Gasteiger partial charge in [0.2, 0.25) is 0 Å². The van der Waals surface area contributed by atoms with E-state index in [0.717, 1.165) is 26.1 Å². The molecule has 1 fully saturated rings. The SMILES string of the molecule is CC(C)NCC1CCN(c2cc(F)c(Br)cc2F)C1. The molecule has 2 nitrogen and oxygen atoms in total. The van der Waals surface area contributed by atoms with Gasteiger partial charge in [-0.15, -0.1) is 0 Å². The lowest BCUT2D eigenvalue weighted by Crippen LogP contribution is -2.30. The summed E-state index contributed by atoms with van der Waals surface area (Å²) in [6, 6.07) is 2.93. The molecule has 1 N–H and O–H groups in total. The monoisotopic (exact) mass is 332 g/mol. The molecule has 0 aliphatic carbocycles. The molecule has 2 rings (SSSR count). The first-order chi connectivity index (χ1) is 8.97. The highest BCUT2D eigenvalue weighted by Gasteiger charge is 2.25. The van der Waals surface area contributed by atoms with Crippen LogP contribution in [0.15, 0.2) is 16.6 Å². The van der Waals surface area contributed by atoms with Crippen LogP contribution in [0.2, 0.25) is 0 Å². The fourth-order valence-corrected chi connectivity index (χ4v) is 2.69. The Bertz CT molecular complexity index is 451. The maximum atomic E-state index is 13.9. The van der Waals surface area contributed by atoms with Crippen LogP contribution in [0.4, 0.5) is 14.5 Å². The zero-order valence-electron chi connectivity index (χ0n) is 11.2. The predicted octanol–water partition coefficient (Wildman–Crippen LogP) is 3.55. The van der Waals surface area contributed by atoms with Gasteiger partial charge in [0.15, 0.2) is 0 Å². The van der Waals surface area contributed by atoms with Crippen LogP contribution in [0.5, 0.6) is 0 Å². The summed E-state index contributed by atoms with van der Waals surface area (Å²) in [6.45, 7) is 6.70. The van der Waals surface area contributed by atoms with Crippen LogP contribution in [-0.2, 0) is 0 Å². The quantitative estimate of drug-likeness (QED) is 0.848. The van der Waals surface area contributed by atoms with Crippen molar-refractivity contribution in [1.29, 1.82) is 0 Å². The van der Waals surface area contributed by atoms with Gasteiger partial charge in [0.05, 0.1) is 10.2 Å². The van der Waals surface area contributed by atoms with E-state index in [2.05, 4.69) is 35.1 Å². The van der Waals surface area contributed by atoms with E-state index in [0.29, 0.717) is 17.6 Å². The normalized spacial score (nSPS) is 19.5. The third kappa shape index (κ3) is 3.66. The predicted molar refractivity (Wildman–Crippen MR) is 77.5 cm³/mol. The molecule has 0 bridgehead atoms. The minimum absolute atomic E-state index is 0.172. The molecule has 5 heteroatoms. The molecule has 1 heterocycles. The molecular weight excluding hydrogens is 314 g/mol. The van der Waals surface area contributed by atoms with Crippen LogP contribution >= 0.6 is 15.9 Å². The summed E-state index contributed by atoms with van der Waals surface area (Å²) in [4.78, 5) is 1.93. The minimum Gasteiger partial charge on any atom is -0.369 e. The molecule has 1 atom stereocenters. The molecule has 1 aliphatic rings. The molecule has 0 aromatic heterocycles. The van der Waals surface area contributed by atoms with Crippen molar-refractivity contribution in [2.45, 2.75) is 26.3 Å². The van der Waals surface area contributed by atoms with Gasteiger partial charge in [-0.05, 0) is 40.9 Å². The highest BCUT2D eigenvalue weighted by molar-refractivity contribution is 9.10. The number of halogens is 3. The van der Waals surface area contributed by atoms with Gasteiger partial charge in [-0.3, -0.25) is 0 Å². The van der Waals surface area contributed by atoms with Crippen molar-refractivity contribution < 1.29 is 8.78 Å². The summed E-state index contributed by atoms with van der Waals surface area (Å²) in [6.07, 6.45) is 1.01. The van der Waals surface area contributed by atoms with Crippen molar-refractivity contribution in [3.05, 3.63) is 28.2 Å². The Morgan fingerprint density at radius 3 is 2.79 bits per heavy atom. The summed E-state index contributed by atoms with van der Waals surface area (Å²) in [5, 5.41) is 3.39. The van der Waals surface area contributed by atoms with Gasteiger partial charge < -0.3 is 10.2 Å². The van der Waals surface area contributed by atoms with E-state index in [-0.39, 0.29) is 10.3 Å². The van der Waals surface area contributed by atoms with E-state index in [1.54, 1.807) is 0 Å². The number of benzene rings is 1. The number of nitrogens with zero attached hydrogens (tertiary/aromatic N) is 1. The molecule has 0 saturated carbocycles. The first kappa shape index (κ1) is 14.7. The molecule has 0 radical (unpaired) electrons. The van der Waals surface area contributed by atoms with Crippen molar-refractivity contribution in [2.24, 2.45) is 5.92 Å². The number of hydrogen-bond donors (Lipinski definition) is 1.